The van der Waals surface area contributed by atoms with Gasteiger partial charge in [-0.1, -0.05) is 26.0 Å². The van der Waals surface area contributed by atoms with Crippen LogP contribution in [0.15, 0.2) is 0 Å². The van der Waals surface area contributed by atoms with E-state index in [2.05, 4.69) is 31.1 Å². The zero-order valence-corrected chi connectivity index (χ0v) is 11.9. The molecular formula is C13H25N3O2. The summed E-state index contributed by atoms with van der Waals surface area (Å²) in [5.41, 5.74) is 1.75. The molecule has 0 spiro atoms. The second-order valence-electron chi connectivity index (χ2n) is 5.04. The van der Waals surface area contributed by atoms with Crippen molar-refractivity contribution < 1.29 is 9.84 Å². The Hall–Kier alpha value is -0.940. The molecule has 18 heavy (non-hydrogen) atoms. The van der Waals surface area contributed by atoms with Crippen LogP contribution in [0.25, 0.3) is 0 Å². The summed E-state index contributed by atoms with van der Waals surface area (Å²) >= 11 is 0. The van der Waals surface area contributed by atoms with Crippen molar-refractivity contribution in [2.45, 2.75) is 52.7 Å². The third-order valence-electron chi connectivity index (χ3n) is 3.16. The summed E-state index contributed by atoms with van der Waals surface area (Å²) in [6, 6.07) is 0.199. The molecule has 0 bridgehead atoms. The maximum Gasteiger partial charge on any atom is 0.111 e. The van der Waals surface area contributed by atoms with Crippen LogP contribution in [-0.2, 0) is 17.8 Å². The normalized spacial score (nSPS) is 13.2. The lowest BCUT2D eigenvalue weighted by molar-refractivity contribution is 0.144. The zero-order chi connectivity index (χ0) is 13.5. The monoisotopic (exact) mass is 255 g/mol. The van der Waals surface area contributed by atoms with Gasteiger partial charge in [0.25, 0.3) is 0 Å². The molecule has 5 nitrogen and oxygen atoms in total. The van der Waals surface area contributed by atoms with Crippen molar-refractivity contribution in [2.24, 2.45) is 5.92 Å². The maximum absolute atomic E-state index is 9.33. The molecule has 1 rings (SSSR count). The fourth-order valence-electron chi connectivity index (χ4n) is 2.00. The van der Waals surface area contributed by atoms with E-state index in [1.165, 1.54) is 0 Å². The molecule has 0 aliphatic carbocycles. The van der Waals surface area contributed by atoms with E-state index in [1.807, 2.05) is 4.68 Å². The van der Waals surface area contributed by atoms with E-state index in [4.69, 9.17) is 4.74 Å². The highest BCUT2D eigenvalue weighted by atomic mass is 16.5. The number of ether oxygens (including phenoxy) is 1. The zero-order valence-electron chi connectivity index (χ0n) is 11.9. The van der Waals surface area contributed by atoms with Crippen molar-refractivity contribution in [2.75, 3.05) is 13.7 Å². The summed E-state index contributed by atoms with van der Waals surface area (Å²) in [6.45, 7) is 7.07. The number of hydrogen-bond acceptors (Lipinski definition) is 4. The first-order valence-corrected chi connectivity index (χ1v) is 6.66. The van der Waals surface area contributed by atoms with Crippen LogP contribution in [0.1, 0.15) is 51.0 Å². The summed E-state index contributed by atoms with van der Waals surface area (Å²) in [4.78, 5) is 0. The Labute approximate surface area is 109 Å². The molecule has 0 saturated heterocycles. The first kappa shape index (κ1) is 15.1. The fraction of sp³-hybridized carbons (Fsp3) is 0.846. The van der Waals surface area contributed by atoms with Crippen LogP contribution in [0.5, 0.6) is 0 Å². The second-order valence-corrected chi connectivity index (χ2v) is 5.04. The van der Waals surface area contributed by atoms with E-state index >= 15 is 0 Å². The largest absolute Gasteiger partial charge is 0.390 e. The predicted octanol–water partition coefficient (Wildman–Crippen LogP) is 1.96. The third kappa shape index (κ3) is 3.78. The minimum atomic E-state index is -0.0448. The first-order valence-electron chi connectivity index (χ1n) is 6.66. The average molecular weight is 255 g/mol. The lowest BCUT2D eigenvalue weighted by Crippen LogP contribution is -2.18. The molecule has 1 aromatic rings. The minimum absolute atomic E-state index is 0.0448. The van der Waals surface area contributed by atoms with Crippen molar-refractivity contribution in [1.82, 2.24) is 15.0 Å². The van der Waals surface area contributed by atoms with Gasteiger partial charge in [-0.25, -0.2) is 4.68 Å². The van der Waals surface area contributed by atoms with Gasteiger partial charge in [0.05, 0.1) is 24.9 Å². The highest BCUT2D eigenvalue weighted by molar-refractivity contribution is 5.10. The Morgan fingerprint density at radius 2 is 2.11 bits per heavy atom. The number of methoxy groups -OCH3 is 1. The minimum Gasteiger partial charge on any atom is -0.390 e. The number of aliphatic hydroxyl groups excluding tert-OH is 1. The van der Waals surface area contributed by atoms with Gasteiger partial charge < -0.3 is 9.84 Å². The summed E-state index contributed by atoms with van der Waals surface area (Å²) in [7, 11) is 1.69. The first-order chi connectivity index (χ1) is 8.63. The molecule has 1 heterocycles. The topological polar surface area (TPSA) is 60.2 Å². The van der Waals surface area contributed by atoms with E-state index in [0.717, 1.165) is 25.0 Å². The highest BCUT2D eigenvalue weighted by Crippen LogP contribution is 2.19. The van der Waals surface area contributed by atoms with E-state index < -0.39 is 0 Å². The maximum atomic E-state index is 9.33. The number of nitrogens with zero attached hydrogens (tertiary/aromatic N) is 3. The van der Waals surface area contributed by atoms with Crippen LogP contribution >= 0.6 is 0 Å². The smallest absolute Gasteiger partial charge is 0.111 e. The van der Waals surface area contributed by atoms with Gasteiger partial charge in [0.2, 0.25) is 0 Å². The third-order valence-corrected chi connectivity index (χ3v) is 3.16. The van der Waals surface area contributed by atoms with Gasteiger partial charge in [0.15, 0.2) is 0 Å². The van der Waals surface area contributed by atoms with Crippen LogP contribution in [0.3, 0.4) is 0 Å². The van der Waals surface area contributed by atoms with Crippen LogP contribution in [-0.4, -0.2) is 33.8 Å². The van der Waals surface area contributed by atoms with Gasteiger partial charge >= 0.3 is 0 Å². The number of rotatable bonds is 8. The Bertz CT molecular complexity index is 350. The average Bonchev–Trinajstić information content (AvgIpc) is 2.76. The van der Waals surface area contributed by atoms with E-state index in [-0.39, 0.29) is 12.6 Å². The summed E-state index contributed by atoms with van der Waals surface area (Å²) in [5.74, 6) is 0.627. The molecule has 5 heteroatoms. The summed E-state index contributed by atoms with van der Waals surface area (Å²) in [5, 5.41) is 17.6. The number of aliphatic hydroxyl groups is 1. The Morgan fingerprint density at radius 1 is 1.39 bits per heavy atom. The molecule has 0 amide bonds. The summed E-state index contributed by atoms with van der Waals surface area (Å²) < 4.78 is 7.15. The SMILES string of the molecule is CCC(COC)n1nnc(CO)c1CCC(C)C. The van der Waals surface area contributed by atoms with Gasteiger partial charge in [0.1, 0.15) is 5.69 Å². The molecular weight excluding hydrogens is 230 g/mol. The van der Waals surface area contributed by atoms with Gasteiger partial charge in [0, 0.05) is 7.11 Å². The van der Waals surface area contributed by atoms with Crippen molar-refractivity contribution in [1.29, 1.82) is 0 Å². The van der Waals surface area contributed by atoms with Crippen LogP contribution in [0.4, 0.5) is 0 Å². The fourth-order valence-corrected chi connectivity index (χ4v) is 2.00. The molecule has 0 aromatic carbocycles. The predicted molar refractivity (Wildman–Crippen MR) is 70.3 cm³/mol. The van der Waals surface area contributed by atoms with E-state index in [0.29, 0.717) is 18.2 Å². The lowest BCUT2D eigenvalue weighted by atomic mass is 10.0. The molecule has 0 aliphatic rings. The Kier molecular flexibility index (Phi) is 6.29. The second kappa shape index (κ2) is 7.48. The number of aromatic nitrogens is 3. The lowest BCUT2D eigenvalue weighted by Gasteiger charge is -2.17. The molecule has 104 valence electrons. The van der Waals surface area contributed by atoms with Crippen LogP contribution in [0, 0.1) is 5.92 Å². The van der Waals surface area contributed by atoms with E-state index in [9.17, 15) is 5.11 Å². The van der Waals surface area contributed by atoms with Gasteiger partial charge in [-0.3, -0.25) is 0 Å². The molecule has 1 atom stereocenters. The molecule has 0 aliphatic heterocycles. The summed E-state index contributed by atoms with van der Waals surface area (Å²) in [6.07, 6.45) is 2.92. The number of hydrogen-bond donors (Lipinski definition) is 1. The van der Waals surface area contributed by atoms with Gasteiger partial charge in [-0.05, 0) is 25.2 Å². The van der Waals surface area contributed by atoms with Crippen molar-refractivity contribution in [3.8, 4) is 0 Å². The molecule has 1 unspecified atom stereocenters. The Morgan fingerprint density at radius 3 is 2.61 bits per heavy atom. The molecule has 0 fully saturated rings. The Balaban J connectivity index is 2.91. The standard InChI is InChI=1S/C13H25N3O2/c1-5-11(9-18-4)16-13(7-6-10(2)3)12(8-17)14-15-16/h10-11,17H,5-9H2,1-4H3. The van der Waals surface area contributed by atoms with Gasteiger partial charge in [-0.2, -0.15) is 0 Å². The molecule has 0 saturated carbocycles. The van der Waals surface area contributed by atoms with E-state index in [1.54, 1.807) is 7.11 Å². The molecule has 1 aromatic heterocycles. The van der Waals surface area contributed by atoms with Crippen molar-refractivity contribution in [3.63, 3.8) is 0 Å². The van der Waals surface area contributed by atoms with Crippen molar-refractivity contribution >= 4 is 0 Å². The highest BCUT2D eigenvalue weighted by Gasteiger charge is 2.18. The molecule has 1 N–H and O–H groups in total. The molecule has 0 radical (unpaired) electrons. The van der Waals surface area contributed by atoms with Crippen molar-refractivity contribution in [3.05, 3.63) is 11.4 Å². The quantitative estimate of drug-likeness (QED) is 0.771. The van der Waals surface area contributed by atoms with Crippen LogP contribution in [0.2, 0.25) is 0 Å². The van der Waals surface area contributed by atoms with Crippen LogP contribution < -0.4 is 0 Å². The van der Waals surface area contributed by atoms with Gasteiger partial charge in [-0.15, -0.1) is 5.10 Å².